The van der Waals surface area contributed by atoms with Gasteiger partial charge in [0.2, 0.25) is 5.91 Å². The van der Waals surface area contributed by atoms with Gasteiger partial charge in [0.15, 0.2) is 0 Å². The van der Waals surface area contributed by atoms with Gasteiger partial charge in [-0.05, 0) is 59.2 Å². The fourth-order valence-electron chi connectivity index (χ4n) is 2.53. The molecule has 4 nitrogen and oxygen atoms in total. The van der Waals surface area contributed by atoms with Gasteiger partial charge in [-0.25, -0.2) is 0 Å². The summed E-state index contributed by atoms with van der Waals surface area (Å²) >= 11 is 3.43. The Labute approximate surface area is 121 Å². The fourth-order valence-corrected chi connectivity index (χ4v) is 2.91. The summed E-state index contributed by atoms with van der Waals surface area (Å²) in [6, 6.07) is 2.10. The summed E-state index contributed by atoms with van der Waals surface area (Å²) < 4.78 is 6.38. The molecule has 1 aliphatic carbocycles. The van der Waals surface area contributed by atoms with E-state index in [9.17, 15) is 4.79 Å². The van der Waals surface area contributed by atoms with Crippen LogP contribution >= 0.6 is 15.9 Å². The number of nitrogens with zero attached hydrogens (tertiary/aromatic N) is 1. The van der Waals surface area contributed by atoms with E-state index in [1.807, 2.05) is 12.3 Å². The number of ether oxygens (including phenoxy) is 1. The van der Waals surface area contributed by atoms with Crippen LogP contribution in [0.2, 0.25) is 0 Å². The molecule has 0 unspecified atom stereocenters. The van der Waals surface area contributed by atoms with Crippen molar-refractivity contribution in [3.63, 3.8) is 0 Å². The van der Waals surface area contributed by atoms with Crippen molar-refractivity contribution < 1.29 is 9.53 Å². The molecule has 1 amide bonds. The van der Waals surface area contributed by atoms with Crippen LogP contribution in [0, 0.1) is 5.92 Å². The topological polar surface area (TPSA) is 51.2 Å². The summed E-state index contributed by atoms with van der Waals surface area (Å²) in [5, 5.41) is 3.14. The van der Waals surface area contributed by atoms with E-state index < -0.39 is 0 Å². The molecule has 102 valence electrons. The van der Waals surface area contributed by atoms with Crippen molar-refractivity contribution in [2.75, 3.05) is 6.61 Å². The molecule has 3 rings (SSSR count). The molecule has 1 saturated heterocycles. The summed E-state index contributed by atoms with van der Waals surface area (Å²) in [5.74, 6) is 0.566. The smallest absolute Gasteiger partial charge is 0.249 e. The third-order valence-electron chi connectivity index (χ3n) is 3.70. The molecule has 1 aromatic heterocycles. The number of hydrogen-bond acceptors (Lipinski definition) is 3. The van der Waals surface area contributed by atoms with E-state index in [1.165, 1.54) is 12.8 Å². The Balaban J connectivity index is 1.72. The molecule has 0 radical (unpaired) electrons. The number of halogens is 1. The maximum atomic E-state index is 12.2. The van der Waals surface area contributed by atoms with Gasteiger partial charge >= 0.3 is 0 Å². The van der Waals surface area contributed by atoms with Gasteiger partial charge in [0.05, 0.1) is 6.04 Å². The molecule has 2 aliphatic rings. The molecular formula is C14H17BrN2O2. The minimum absolute atomic E-state index is 0.0226. The van der Waals surface area contributed by atoms with Crippen molar-refractivity contribution in [3.05, 3.63) is 28.5 Å². The Kier molecular flexibility index (Phi) is 3.84. The van der Waals surface area contributed by atoms with E-state index in [0.717, 1.165) is 22.9 Å². The average Bonchev–Trinajstić information content (AvgIpc) is 3.09. The number of nitrogens with one attached hydrogen (secondary N) is 1. The zero-order valence-electron chi connectivity index (χ0n) is 10.6. The minimum atomic E-state index is -0.263. The molecule has 5 heteroatoms. The minimum Gasteiger partial charge on any atom is -0.368 e. The second-order valence-electron chi connectivity index (χ2n) is 5.26. The SMILES string of the molecule is O=C(N[C@@H](c1cncc(Br)c1)C1CC1)[C@@H]1CCCO1. The van der Waals surface area contributed by atoms with Crippen molar-refractivity contribution in [3.8, 4) is 0 Å². The van der Waals surface area contributed by atoms with E-state index in [2.05, 4.69) is 26.2 Å². The molecule has 2 fully saturated rings. The van der Waals surface area contributed by atoms with Crippen molar-refractivity contribution >= 4 is 21.8 Å². The third kappa shape index (κ3) is 3.15. The molecule has 0 aromatic carbocycles. The lowest BCUT2D eigenvalue weighted by Gasteiger charge is -2.20. The number of hydrogen-bond donors (Lipinski definition) is 1. The highest BCUT2D eigenvalue weighted by Crippen LogP contribution is 2.41. The highest BCUT2D eigenvalue weighted by atomic mass is 79.9. The van der Waals surface area contributed by atoms with Crippen LogP contribution in [0.15, 0.2) is 22.9 Å². The Hall–Kier alpha value is -0.940. The lowest BCUT2D eigenvalue weighted by Crippen LogP contribution is -2.37. The standard InChI is InChI=1S/C14H17BrN2O2/c15-11-6-10(7-16-8-11)13(9-3-4-9)17-14(18)12-2-1-5-19-12/h6-9,12-13H,1-5H2,(H,17,18)/t12-,13+/m0/s1. The highest BCUT2D eigenvalue weighted by Gasteiger charge is 2.35. The second-order valence-corrected chi connectivity index (χ2v) is 6.18. The second kappa shape index (κ2) is 5.59. The van der Waals surface area contributed by atoms with Gasteiger partial charge in [-0.15, -0.1) is 0 Å². The van der Waals surface area contributed by atoms with Crippen molar-refractivity contribution in [1.29, 1.82) is 0 Å². The fraction of sp³-hybridized carbons (Fsp3) is 0.571. The summed E-state index contributed by atoms with van der Waals surface area (Å²) in [7, 11) is 0. The number of carbonyl (C=O) groups excluding carboxylic acids is 1. The number of carbonyl (C=O) groups is 1. The molecule has 1 saturated carbocycles. The van der Waals surface area contributed by atoms with E-state index in [-0.39, 0.29) is 18.1 Å². The maximum absolute atomic E-state index is 12.2. The van der Waals surface area contributed by atoms with Gasteiger partial charge in [0.25, 0.3) is 0 Å². The Morgan fingerprint density at radius 3 is 2.89 bits per heavy atom. The van der Waals surface area contributed by atoms with Crippen LogP contribution in [0.4, 0.5) is 0 Å². The van der Waals surface area contributed by atoms with Gasteiger partial charge in [-0.1, -0.05) is 0 Å². The number of rotatable bonds is 4. The van der Waals surface area contributed by atoms with Crippen LogP contribution in [-0.4, -0.2) is 23.6 Å². The first-order valence-corrected chi connectivity index (χ1v) is 7.56. The molecule has 19 heavy (non-hydrogen) atoms. The van der Waals surface area contributed by atoms with Gasteiger partial charge in [-0.2, -0.15) is 0 Å². The Morgan fingerprint density at radius 2 is 2.26 bits per heavy atom. The van der Waals surface area contributed by atoms with Crippen LogP contribution in [0.1, 0.15) is 37.3 Å². The number of amides is 1. The average molecular weight is 325 g/mol. The van der Waals surface area contributed by atoms with Crippen LogP contribution in [-0.2, 0) is 9.53 Å². The molecule has 2 heterocycles. The quantitative estimate of drug-likeness (QED) is 0.926. The zero-order valence-corrected chi connectivity index (χ0v) is 12.2. The van der Waals surface area contributed by atoms with Crippen LogP contribution < -0.4 is 5.32 Å². The van der Waals surface area contributed by atoms with Crippen molar-refractivity contribution in [1.82, 2.24) is 10.3 Å². The van der Waals surface area contributed by atoms with Crippen LogP contribution in [0.5, 0.6) is 0 Å². The first-order chi connectivity index (χ1) is 9.24. The lowest BCUT2D eigenvalue weighted by molar-refractivity contribution is -0.131. The molecule has 0 bridgehead atoms. The molecule has 1 aliphatic heterocycles. The lowest BCUT2D eigenvalue weighted by atomic mass is 10.0. The predicted molar refractivity (Wildman–Crippen MR) is 74.5 cm³/mol. The molecular weight excluding hydrogens is 308 g/mol. The largest absolute Gasteiger partial charge is 0.368 e. The summed E-state index contributed by atoms with van der Waals surface area (Å²) in [6.45, 7) is 0.699. The molecule has 2 atom stereocenters. The van der Waals surface area contributed by atoms with E-state index in [0.29, 0.717) is 12.5 Å². The van der Waals surface area contributed by atoms with Crippen molar-refractivity contribution in [2.45, 2.75) is 37.8 Å². The molecule has 0 spiro atoms. The molecule has 1 aromatic rings. The van der Waals surface area contributed by atoms with Crippen LogP contribution in [0.25, 0.3) is 0 Å². The van der Waals surface area contributed by atoms with Gasteiger partial charge in [0, 0.05) is 23.5 Å². The first kappa shape index (κ1) is 13.1. The highest BCUT2D eigenvalue weighted by molar-refractivity contribution is 9.10. The van der Waals surface area contributed by atoms with Gasteiger partial charge in [-0.3, -0.25) is 9.78 Å². The van der Waals surface area contributed by atoms with Crippen LogP contribution in [0.3, 0.4) is 0 Å². The molecule has 1 N–H and O–H groups in total. The van der Waals surface area contributed by atoms with Crippen molar-refractivity contribution in [2.24, 2.45) is 5.92 Å². The van der Waals surface area contributed by atoms with E-state index in [1.54, 1.807) is 6.20 Å². The number of pyridine rings is 1. The third-order valence-corrected chi connectivity index (χ3v) is 4.13. The summed E-state index contributed by atoms with van der Waals surface area (Å²) in [6.07, 6.45) is 7.48. The van der Waals surface area contributed by atoms with Gasteiger partial charge in [0.1, 0.15) is 6.10 Å². The predicted octanol–water partition coefficient (Wildman–Crippen LogP) is 2.59. The summed E-state index contributed by atoms with van der Waals surface area (Å²) in [4.78, 5) is 16.4. The maximum Gasteiger partial charge on any atom is 0.249 e. The first-order valence-electron chi connectivity index (χ1n) is 6.76. The Bertz CT molecular complexity index is 470. The summed E-state index contributed by atoms with van der Waals surface area (Å²) in [5.41, 5.74) is 1.07. The van der Waals surface area contributed by atoms with E-state index >= 15 is 0 Å². The number of aromatic nitrogens is 1. The van der Waals surface area contributed by atoms with Gasteiger partial charge < -0.3 is 10.1 Å². The zero-order chi connectivity index (χ0) is 13.2. The monoisotopic (exact) mass is 324 g/mol. The Morgan fingerprint density at radius 1 is 1.42 bits per heavy atom. The normalized spacial score (nSPS) is 24.2. The van der Waals surface area contributed by atoms with E-state index in [4.69, 9.17) is 4.74 Å².